The second kappa shape index (κ2) is 4.39. The summed E-state index contributed by atoms with van der Waals surface area (Å²) >= 11 is 6.95. The molecule has 2 aromatic rings. The number of rotatable bonds is 3. The maximum atomic E-state index is 5.76. The van der Waals surface area contributed by atoms with Crippen LogP contribution in [0.3, 0.4) is 0 Å². The molecule has 0 aromatic carbocycles. The Kier molecular flexibility index (Phi) is 3.11. The highest BCUT2D eigenvalue weighted by atomic mass is 32.1. The second-order valence-corrected chi connectivity index (χ2v) is 5.58. The lowest BCUT2D eigenvalue weighted by molar-refractivity contribution is 0.548. The molecule has 2 rings (SSSR count). The van der Waals surface area contributed by atoms with Crippen LogP contribution in [0.15, 0.2) is 12.1 Å². The van der Waals surface area contributed by atoms with Crippen molar-refractivity contribution in [3.63, 3.8) is 0 Å². The lowest BCUT2D eigenvalue weighted by Gasteiger charge is -2.12. The maximum Gasteiger partial charge on any atom is 0.220 e. The van der Waals surface area contributed by atoms with E-state index >= 15 is 0 Å². The zero-order chi connectivity index (χ0) is 11.7. The van der Waals surface area contributed by atoms with Crippen LogP contribution in [0.2, 0.25) is 0 Å². The normalized spacial score (nSPS) is 12.9. The van der Waals surface area contributed by atoms with Crippen LogP contribution in [-0.2, 0) is 6.42 Å². The summed E-state index contributed by atoms with van der Waals surface area (Å²) in [5.41, 5.74) is 5.76. The van der Waals surface area contributed by atoms with Gasteiger partial charge in [0.25, 0.3) is 0 Å². The van der Waals surface area contributed by atoms with Crippen LogP contribution in [0.1, 0.15) is 22.7 Å². The smallest absolute Gasteiger partial charge is 0.220 e. The number of nitrogens with zero attached hydrogens (tertiary/aromatic N) is 2. The largest absolute Gasteiger partial charge is 0.368 e. The van der Waals surface area contributed by atoms with Gasteiger partial charge in [-0.3, -0.25) is 4.57 Å². The first-order valence-corrected chi connectivity index (χ1v) is 6.28. The van der Waals surface area contributed by atoms with Gasteiger partial charge in [-0.05, 0) is 38.2 Å². The summed E-state index contributed by atoms with van der Waals surface area (Å²) in [5, 5.41) is 6.61. The molecule has 0 bridgehead atoms. The standard InChI is InChI=1S/C10H14N4S2/c1-6(5-8-4-3-7(2)16-8)14-9(11)12-13-10(14)15/h3-4,6H,5H2,1-2H3,(H2,11,12)(H,13,15). The number of thiophene rings is 1. The molecule has 86 valence electrons. The molecule has 0 saturated carbocycles. The Morgan fingerprint density at radius 1 is 1.62 bits per heavy atom. The molecule has 0 aliphatic rings. The third kappa shape index (κ3) is 2.17. The van der Waals surface area contributed by atoms with E-state index in [0.717, 1.165) is 6.42 Å². The summed E-state index contributed by atoms with van der Waals surface area (Å²) in [7, 11) is 0. The number of anilines is 1. The van der Waals surface area contributed by atoms with E-state index in [1.54, 1.807) is 11.3 Å². The molecule has 16 heavy (non-hydrogen) atoms. The number of aromatic amines is 1. The molecule has 4 nitrogen and oxygen atoms in total. The second-order valence-electron chi connectivity index (χ2n) is 3.82. The van der Waals surface area contributed by atoms with E-state index in [1.165, 1.54) is 9.75 Å². The molecule has 1 unspecified atom stereocenters. The number of aromatic nitrogens is 3. The molecule has 6 heteroatoms. The van der Waals surface area contributed by atoms with E-state index in [1.807, 2.05) is 4.57 Å². The predicted octanol–water partition coefficient (Wildman–Crippen LogP) is 2.70. The molecule has 1 atom stereocenters. The molecule has 0 spiro atoms. The summed E-state index contributed by atoms with van der Waals surface area (Å²) < 4.78 is 2.43. The summed E-state index contributed by atoms with van der Waals surface area (Å²) in [5.74, 6) is 0.450. The van der Waals surface area contributed by atoms with Crippen molar-refractivity contribution >= 4 is 29.5 Å². The zero-order valence-corrected chi connectivity index (χ0v) is 10.9. The van der Waals surface area contributed by atoms with Gasteiger partial charge in [-0.1, -0.05) is 0 Å². The Morgan fingerprint density at radius 2 is 2.38 bits per heavy atom. The van der Waals surface area contributed by atoms with E-state index in [0.29, 0.717) is 10.7 Å². The van der Waals surface area contributed by atoms with Crippen LogP contribution in [0.5, 0.6) is 0 Å². The van der Waals surface area contributed by atoms with Crippen molar-refractivity contribution in [2.75, 3.05) is 5.73 Å². The van der Waals surface area contributed by atoms with E-state index in [4.69, 9.17) is 18.0 Å². The predicted molar refractivity (Wildman–Crippen MR) is 69.3 cm³/mol. The molecule has 0 aliphatic heterocycles. The molecule has 2 aromatic heterocycles. The van der Waals surface area contributed by atoms with Crippen molar-refractivity contribution < 1.29 is 0 Å². The van der Waals surface area contributed by atoms with Gasteiger partial charge in [0.05, 0.1) is 0 Å². The number of nitrogen functional groups attached to an aromatic ring is 1. The molecule has 0 aliphatic carbocycles. The minimum absolute atomic E-state index is 0.226. The molecule has 0 amide bonds. The Balaban J connectivity index is 2.20. The molecule has 0 radical (unpaired) electrons. The van der Waals surface area contributed by atoms with E-state index in [-0.39, 0.29) is 6.04 Å². The van der Waals surface area contributed by atoms with Crippen molar-refractivity contribution in [2.24, 2.45) is 0 Å². The van der Waals surface area contributed by atoms with Crippen LogP contribution in [-0.4, -0.2) is 14.8 Å². The van der Waals surface area contributed by atoms with Crippen LogP contribution < -0.4 is 5.73 Å². The molecule has 3 N–H and O–H groups in total. The Hall–Kier alpha value is -1.14. The van der Waals surface area contributed by atoms with Gasteiger partial charge in [-0.2, -0.15) is 0 Å². The average molecular weight is 254 g/mol. The fourth-order valence-electron chi connectivity index (χ4n) is 1.72. The molecular weight excluding hydrogens is 240 g/mol. The molecule has 2 heterocycles. The van der Waals surface area contributed by atoms with Gasteiger partial charge in [-0.15, -0.1) is 16.4 Å². The third-order valence-corrected chi connectivity index (χ3v) is 3.78. The highest BCUT2D eigenvalue weighted by Crippen LogP contribution is 2.22. The highest BCUT2D eigenvalue weighted by Gasteiger charge is 2.12. The zero-order valence-electron chi connectivity index (χ0n) is 9.23. The quantitative estimate of drug-likeness (QED) is 0.828. The maximum absolute atomic E-state index is 5.76. The number of hydrogen-bond donors (Lipinski definition) is 2. The summed E-state index contributed by atoms with van der Waals surface area (Å²) in [4.78, 5) is 2.67. The highest BCUT2D eigenvalue weighted by molar-refractivity contribution is 7.71. The van der Waals surface area contributed by atoms with Crippen LogP contribution in [0.4, 0.5) is 5.95 Å². The lowest BCUT2D eigenvalue weighted by Crippen LogP contribution is -2.11. The monoisotopic (exact) mass is 254 g/mol. The van der Waals surface area contributed by atoms with Crippen LogP contribution >= 0.6 is 23.6 Å². The van der Waals surface area contributed by atoms with E-state index < -0.39 is 0 Å². The average Bonchev–Trinajstić information content (AvgIpc) is 2.74. The van der Waals surface area contributed by atoms with Crippen molar-refractivity contribution in [1.82, 2.24) is 14.8 Å². The summed E-state index contributed by atoms with van der Waals surface area (Å²) in [6.45, 7) is 4.20. The van der Waals surface area contributed by atoms with E-state index in [2.05, 4.69) is 36.2 Å². The van der Waals surface area contributed by atoms with Gasteiger partial charge in [0.1, 0.15) is 0 Å². The Morgan fingerprint density at radius 3 is 2.88 bits per heavy atom. The van der Waals surface area contributed by atoms with Gasteiger partial charge < -0.3 is 5.73 Å². The number of nitrogens with one attached hydrogen (secondary N) is 1. The SMILES string of the molecule is Cc1ccc(CC(C)n2c(N)n[nH]c2=S)s1. The van der Waals surface area contributed by atoms with Gasteiger partial charge in [0.2, 0.25) is 5.95 Å². The summed E-state index contributed by atoms with van der Waals surface area (Å²) in [6, 6.07) is 4.51. The van der Waals surface area contributed by atoms with Gasteiger partial charge in [0, 0.05) is 22.2 Å². The number of H-pyrrole nitrogens is 1. The molecule has 0 fully saturated rings. The molecular formula is C10H14N4S2. The van der Waals surface area contributed by atoms with E-state index in [9.17, 15) is 0 Å². The minimum atomic E-state index is 0.226. The minimum Gasteiger partial charge on any atom is -0.368 e. The van der Waals surface area contributed by atoms with Crippen molar-refractivity contribution in [2.45, 2.75) is 26.3 Å². The van der Waals surface area contributed by atoms with Gasteiger partial charge in [-0.25, -0.2) is 5.10 Å². The first-order chi connectivity index (χ1) is 7.58. The first-order valence-electron chi connectivity index (χ1n) is 5.05. The van der Waals surface area contributed by atoms with Gasteiger partial charge >= 0.3 is 0 Å². The topological polar surface area (TPSA) is 59.6 Å². The van der Waals surface area contributed by atoms with Crippen molar-refractivity contribution in [3.8, 4) is 0 Å². The van der Waals surface area contributed by atoms with Crippen LogP contribution in [0, 0.1) is 11.7 Å². The fourth-order valence-corrected chi connectivity index (χ4v) is 3.05. The fraction of sp³-hybridized carbons (Fsp3) is 0.400. The summed E-state index contributed by atoms with van der Waals surface area (Å²) in [6.07, 6.45) is 0.927. The van der Waals surface area contributed by atoms with Crippen LogP contribution in [0.25, 0.3) is 0 Å². The lowest BCUT2D eigenvalue weighted by atomic mass is 10.2. The number of hydrogen-bond acceptors (Lipinski definition) is 4. The Labute approximate surface area is 103 Å². The first kappa shape index (κ1) is 11.3. The van der Waals surface area contributed by atoms with Gasteiger partial charge in [0.15, 0.2) is 4.77 Å². The molecule has 0 saturated heterocycles. The number of nitrogens with two attached hydrogens (primary N) is 1. The van der Waals surface area contributed by atoms with Crippen molar-refractivity contribution in [3.05, 3.63) is 26.7 Å². The number of aryl methyl sites for hydroxylation is 1. The Bertz CT molecular complexity index is 537. The third-order valence-electron chi connectivity index (χ3n) is 2.47. The van der Waals surface area contributed by atoms with Crippen molar-refractivity contribution in [1.29, 1.82) is 0 Å².